The molecule has 1 unspecified atom stereocenters. The Hall–Kier alpha value is -1.67. The second kappa shape index (κ2) is 9.30. The molecule has 1 heterocycles. The molecule has 0 aliphatic carbocycles. The topological polar surface area (TPSA) is 108 Å². The van der Waals surface area contributed by atoms with E-state index in [4.69, 9.17) is 9.84 Å². The highest BCUT2D eigenvalue weighted by Crippen LogP contribution is 2.20. The van der Waals surface area contributed by atoms with E-state index >= 15 is 0 Å². The number of likely N-dealkylation sites (tertiary alicyclic amines) is 1. The molecule has 1 rings (SSSR count). The molecule has 0 aromatic carbocycles. The first-order chi connectivity index (χ1) is 10.0. The Morgan fingerprint density at radius 2 is 2.14 bits per heavy atom. The van der Waals surface area contributed by atoms with Crippen molar-refractivity contribution in [1.82, 2.24) is 15.5 Å². The van der Waals surface area contributed by atoms with Gasteiger partial charge in [-0.2, -0.15) is 0 Å². The van der Waals surface area contributed by atoms with E-state index in [1.165, 1.54) is 7.11 Å². The Kier molecular flexibility index (Phi) is 7.70. The van der Waals surface area contributed by atoms with Crippen molar-refractivity contribution in [3.63, 3.8) is 0 Å². The van der Waals surface area contributed by atoms with Gasteiger partial charge in [-0.3, -0.25) is 19.8 Å². The molecule has 1 fully saturated rings. The number of carboxylic acids is 1. The number of urea groups is 1. The summed E-state index contributed by atoms with van der Waals surface area (Å²) in [6, 6.07) is -0.529. The predicted molar refractivity (Wildman–Crippen MR) is 74.8 cm³/mol. The minimum Gasteiger partial charge on any atom is -0.481 e. The maximum atomic E-state index is 11.7. The van der Waals surface area contributed by atoms with Crippen LogP contribution >= 0.6 is 0 Å². The molecule has 8 heteroatoms. The number of methoxy groups -OCH3 is 1. The van der Waals surface area contributed by atoms with E-state index in [0.717, 1.165) is 13.0 Å². The van der Waals surface area contributed by atoms with Gasteiger partial charge in [0.05, 0.1) is 13.2 Å². The van der Waals surface area contributed by atoms with Gasteiger partial charge in [-0.15, -0.1) is 0 Å². The Bertz CT molecular complexity index is 375. The number of ether oxygens (including phenoxy) is 1. The second-order valence-corrected chi connectivity index (χ2v) is 5.12. The lowest BCUT2D eigenvalue weighted by Crippen LogP contribution is -2.44. The summed E-state index contributed by atoms with van der Waals surface area (Å²) in [6.45, 7) is 2.34. The number of nitrogens with one attached hydrogen (secondary N) is 2. The van der Waals surface area contributed by atoms with Crippen LogP contribution in [-0.4, -0.2) is 67.8 Å². The zero-order valence-corrected chi connectivity index (χ0v) is 12.3. The van der Waals surface area contributed by atoms with Crippen LogP contribution in [0.1, 0.15) is 19.3 Å². The van der Waals surface area contributed by atoms with E-state index in [-0.39, 0.29) is 18.9 Å². The van der Waals surface area contributed by atoms with Crippen molar-refractivity contribution in [1.29, 1.82) is 0 Å². The highest BCUT2D eigenvalue weighted by atomic mass is 16.5. The Balaban J connectivity index is 2.17. The number of aliphatic carboxylic acids is 1. The van der Waals surface area contributed by atoms with E-state index in [1.807, 2.05) is 4.90 Å². The lowest BCUT2D eigenvalue weighted by Gasteiger charge is -2.15. The zero-order valence-electron chi connectivity index (χ0n) is 12.3. The van der Waals surface area contributed by atoms with Gasteiger partial charge in [0, 0.05) is 26.6 Å². The molecule has 0 bridgehead atoms. The first-order valence-electron chi connectivity index (χ1n) is 7.02. The average molecular weight is 301 g/mol. The van der Waals surface area contributed by atoms with Gasteiger partial charge in [0.1, 0.15) is 0 Å². The largest absolute Gasteiger partial charge is 0.481 e. The van der Waals surface area contributed by atoms with Gasteiger partial charge in [0.25, 0.3) is 0 Å². The van der Waals surface area contributed by atoms with Crippen LogP contribution in [0.3, 0.4) is 0 Å². The molecule has 8 nitrogen and oxygen atoms in total. The molecule has 1 saturated heterocycles. The van der Waals surface area contributed by atoms with Gasteiger partial charge in [-0.1, -0.05) is 0 Å². The average Bonchev–Trinajstić information content (AvgIpc) is 2.84. The minimum absolute atomic E-state index is 0.154. The molecule has 1 atom stereocenters. The van der Waals surface area contributed by atoms with Crippen molar-refractivity contribution < 1.29 is 24.2 Å². The van der Waals surface area contributed by atoms with Gasteiger partial charge in [-0.05, 0) is 25.3 Å². The summed E-state index contributed by atoms with van der Waals surface area (Å²) in [5, 5.41) is 13.4. The number of hydrogen-bond donors (Lipinski definition) is 3. The molecule has 0 aromatic heterocycles. The number of rotatable bonds is 8. The third-order valence-corrected chi connectivity index (χ3v) is 3.35. The van der Waals surface area contributed by atoms with Crippen molar-refractivity contribution in [2.75, 3.05) is 39.9 Å². The van der Waals surface area contributed by atoms with Gasteiger partial charge in [0.15, 0.2) is 0 Å². The zero-order chi connectivity index (χ0) is 15.7. The van der Waals surface area contributed by atoms with Crippen molar-refractivity contribution in [2.45, 2.75) is 19.3 Å². The molecule has 0 aromatic rings. The van der Waals surface area contributed by atoms with Crippen molar-refractivity contribution in [3.8, 4) is 0 Å². The van der Waals surface area contributed by atoms with Gasteiger partial charge < -0.3 is 15.2 Å². The highest BCUT2D eigenvalue weighted by molar-refractivity contribution is 5.95. The van der Waals surface area contributed by atoms with E-state index in [0.29, 0.717) is 32.0 Å². The number of hydrogen-bond acceptors (Lipinski definition) is 5. The third kappa shape index (κ3) is 7.62. The van der Waals surface area contributed by atoms with Crippen molar-refractivity contribution >= 4 is 17.9 Å². The predicted octanol–water partition coefficient (Wildman–Crippen LogP) is -0.355. The number of carbonyl (C=O) groups is 3. The normalized spacial score (nSPS) is 18.4. The first kappa shape index (κ1) is 17.4. The van der Waals surface area contributed by atoms with Crippen LogP contribution in [0.4, 0.5) is 4.79 Å². The first-order valence-corrected chi connectivity index (χ1v) is 7.02. The fraction of sp³-hybridized carbons (Fsp3) is 0.769. The minimum atomic E-state index is -0.793. The lowest BCUT2D eigenvalue weighted by molar-refractivity contribution is -0.137. The molecule has 0 spiro atoms. The maximum Gasteiger partial charge on any atom is 0.321 e. The Morgan fingerprint density at radius 1 is 1.38 bits per heavy atom. The van der Waals surface area contributed by atoms with Crippen LogP contribution < -0.4 is 10.6 Å². The highest BCUT2D eigenvalue weighted by Gasteiger charge is 2.24. The molecule has 1 aliphatic rings. The standard InChI is InChI=1S/C13H23N3O5/c1-21-7-5-14-13(20)15-11(17)9-16-6-4-10(8-16)2-3-12(18)19/h10H,2-9H2,1H3,(H,18,19)(H2,14,15,17,20). The van der Waals surface area contributed by atoms with Crippen LogP contribution in [0, 0.1) is 5.92 Å². The third-order valence-electron chi connectivity index (χ3n) is 3.35. The molecule has 3 amide bonds. The van der Waals surface area contributed by atoms with Crippen LogP contribution in [0.2, 0.25) is 0 Å². The molecule has 120 valence electrons. The summed E-state index contributed by atoms with van der Waals surface area (Å²) in [5.41, 5.74) is 0. The SMILES string of the molecule is COCCNC(=O)NC(=O)CN1CCC(CCC(=O)O)C1. The molecule has 0 saturated carbocycles. The smallest absolute Gasteiger partial charge is 0.321 e. The fourth-order valence-corrected chi connectivity index (χ4v) is 2.30. The molecule has 3 N–H and O–H groups in total. The van der Waals surface area contributed by atoms with Gasteiger partial charge >= 0.3 is 12.0 Å². The van der Waals surface area contributed by atoms with Crippen molar-refractivity contribution in [2.24, 2.45) is 5.92 Å². The summed E-state index contributed by atoms with van der Waals surface area (Å²) in [6.07, 6.45) is 1.68. The summed E-state index contributed by atoms with van der Waals surface area (Å²) in [4.78, 5) is 35.5. The van der Waals surface area contributed by atoms with Crippen LogP contribution in [0.15, 0.2) is 0 Å². The number of imide groups is 1. The van der Waals surface area contributed by atoms with E-state index in [2.05, 4.69) is 10.6 Å². The molecule has 1 aliphatic heterocycles. The van der Waals surface area contributed by atoms with Crippen LogP contribution in [-0.2, 0) is 14.3 Å². The summed E-state index contributed by atoms with van der Waals surface area (Å²) < 4.78 is 4.78. The van der Waals surface area contributed by atoms with E-state index < -0.39 is 12.0 Å². The summed E-state index contributed by atoms with van der Waals surface area (Å²) in [7, 11) is 1.53. The number of carbonyl (C=O) groups excluding carboxylic acids is 2. The summed E-state index contributed by atoms with van der Waals surface area (Å²) in [5.74, 6) is -0.841. The van der Waals surface area contributed by atoms with Crippen molar-refractivity contribution in [3.05, 3.63) is 0 Å². The number of carboxylic acid groups (broad SMARTS) is 1. The van der Waals surface area contributed by atoms with E-state index in [9.17, 15) is 14.4 Å². The maximum absolute atomic E-state index is 11.7. The summed E-state index contributed by atoms with van der Waals surface area (Å²) >= 11 is 0. The van der Waals surface area contributed by atoms with Gasteiger partial charge in [0.2, 0.25) is 5.91 Å². The lowest BCUT2D eigenvalue weighted by atomic mass is 10.0. The van der Waals surface area contributed by atoms with E-state index in [1.54, 1.807) is 0 Å². The Labute approximate surface area is 123 Å². The number of nitrogens with zero attached hydrogens (tertiary/aromatic N) is 1. The fourth-order valence-electron chi connectivity index (χ4n) is 2.30. The Morgan fingerprint density at radius 3 is 2.81 bits per heavy atom. The molecular weight excluding hydrogens is 278 g/mol. The molecule has 0 radical (unpaired) electrons. The second-order valence-electron chi connectivity index (χ2n) is 5.12. The molecule has 21 heavy (non-hydrogen) atoms. The van der Waals surface area contributed by atoms with Gasteiger partial charge in [-0.25, -0.2) is 4.79 Å². The quantitative estimate of drug-likeness (QED) is 0.529. The van der Waals surface area contributed by atoms with Crippen LogP contribution in [0.5, 0.6) is 0 Å². The van der Waals surface area contributed by atoms with Crippen LogP contribution in [0.25, 0.3) is 0 Å². The molecular formula is C13H23N3O5. The monoisotopic (exact) mass is 301 g/mol. The number of amides is 3.